The molecule has 0 aliphatic heterocycles. The number of rotatable bonds is 0. The van der Waals surface area contributed by atoms with Gasteiger partial charge in [-0.3, -0.25) is 9.48 Å². The fourth-order valence-corrected chi connectivity index (χ4v) is 3.63. The minimum absolute atomic E-state index is 0.0502. The van der Waals surface area contributed by atoms with Crippen molar-refractivity contribution in [3.8, 4) is 0 Å². The highest BCUT2D eigenvalue weighted by atomic mass is 35.5. The van der Waals surface area contributed by atoms with Crippen molar-refractivity contribution in [2.75, 3.05) is 0 Å². The van der Waals surface area contributed by atoms with Crippen molar-refractivity contribution in [1.82, 2.24) is 14.8 Å². The van der Waals surface area contributed by atoms with E-state index in [9.17, 15) is 4.79 Å². The van der Waals surface area contributed by atoms with Crippen LogP contribution >= 0.6 is 11.6 Å². The van der Waals surface area contributed by atoms with E-state index in [1.165, 1.54) is 0 Å². The maximum atomic E-state index is 12.9. The number of hydrogen-bond donors (Lipinski definition) is 0. The maximum Gasteiger partial charge on any atom is 0.212 e. The van der Waals surface area contributed by atoms with Gasteiger partial charge in [0.2, 0.25) is 5.78 Å². The van der Waals surface area contributed by atoms with Gasteiger partial charge in [-0.25, -0.2) is 4.98 Å². The molecule has 1 aliphatic rings. The summed E-state index contributed by atoms with van der Waals surface area (Å²) < 4.78 is 1.68. The van der Waals surface area contributed by atoms with E-state index in [4.69, 9.17) is 11.6 Å². The van der Waals surface area contributed by atoms with E-state index < -0.39 is 0 Å². The van der Waals surface area contributed by atoms with Crippen LogP contribution in [0.5, 0.6) is 0 Å². The van der Waals surface area contributed by atoms with E-state index in [0.29, 0.717) is 22.8 Å². The van der Waals surface area contributed by atoms with Crippen LogP contribution in [0.4, 0.5) is 0 Å². The normalized spacial score (nSPS) is 13.9. The standard InChI is InChI=1S/C17H14ClN3O/c1-9-13-14(18)12-8-7-10-5-3-4-6-11(10)16(22)15(12)19-17(13)21(2)20-9/h3-6H,7-8H2,1-2H3. The number of benzene rings is 1. The summed E-state index contributed by atoms with van der Waals surface area (Å²) in [6.07, 6.45) is 1.51. The number of halogens is 1. The number of nitrogens with zero attached hydrogens (tertiary/aromatic N) is 3. The quantitative estimate of drug-likeness (QED) is 0.640. The number of carbonyl (C=O) groups excluding carboxylic acids is 1. The summed E-state index contributed by atoms with van der Waals surface area (Å²) in [5, 5.41) is 5.84. The largest absolute Gasteiger partial charge is 0.287 e. The van der Waals surface area contributed by atoms with Crippen LogP contribution < -0.4 is 0 Å². The van der Waals surface area contributed by atoms with Crippen LogP contribution in [-0.2, 0) is 19.9 Å². The van der Waals surface area contributed by atoms with Crippen LogP contribution in [0.1, 0.15) is 32.9 Å². The van der Waals surface area contributed by atoms with E-state index in [2.05, 4.69) is 10.1 Å². The van der Waals surface area contributed by atoms with Crippen LogP contribution in [0.2, 0.25) is 5.02 Å². The third-order valence-corrected chi connectivity index (χ3v) is 4.72. The van der Waals surface area contributed by atoms with E-state index in [-0.39, 0.29) is 5.78 Å². The number of aryl methyl sites for hydroxylation is 3. The van der Waals surface area contributed by atoms with Crippen LogP contribution in [0, 0.1) is 6.92 Å². The lowest BCUT2D eigenvalue weighted by molar-refractivity contribution is 0.103. The first-order valence-electron chi connectivity index (χ1n) is 7.22. The summed E-state index contributed by atoms with van der Waals surface area (Å²) in [7, 11) is 1.82. The van der Waals surface area contributed by atoms with E-state index in [1.807, 2.05) is 38.2 Å². The first-order valence-corrected chi connectivity index (χ1v) is 7.60. The Morgan fingerprint density at radius 1 is 1.23 bits per heavy atom. The van der Waals surface area contributed by atoms with Crippen LogP contribution in [-0.4, -0.2) is 20.5 Å². The fraction of sp³-hybridized carbons (Fsp3) is 0.235. The molecular weight excluding hydrogens is 298 g/mol. The van der Waals surface area contributed by atoms with Crippen molar-refractivity contribution in [3.63, 3.8) is 0 Å². The Kier molecular flexibility index (Phi) is 2.84. The molecular formula is C17H14ClN3O. The van der Waals surface area contributed by atoms with Gasteiger partial charge in [0, 0.05) is 18.2 Å². The average Bonchev–Trinajstić information content (AvgIpc) is 2.71. The molecule has 0 fully saturated rings. The molecule has 4 nitrogen and oxygen atoms in total. The summed E-state index contributed by atoms with van der Waals surface area (Å²) in [6.45, 7) is 1.91. The first kappa shape index (κ1) is 13.5. The monoisotopic (exact) mass is 311 g/mol. The zero-order chi connectivity index (χ0) is 15.4. The van der Waals surface area contributed by atoms with Gasteiger partial charge < -0.3 is 0 Å². The Bertz CT molecular complexity index is 943. The highest BCUT2D eigenvalue weighted by molar-refractivity contribution is 6.37. The third kappa shape index (κ3) is 1.74. The van der Waals surface area contributed by atoms with E-state index >= 15 is 0 Å². The molecule has 0 bridgehead atoms. The number of hydrogen-bond acceptors (Lipinski definition) is 3. The highest BCUT2D eigenvalue weighted by Crippen LogP contribution is 2.34. The van der Waals surface area contributed by atoms with Crippen molar-refractivity contribution in [1.29, 1.82) is 0 Å². The Labute approximate surface area is 132 Å². The van der Waals surface area contributed by atoms with Crippen molar-refractivity contribution in [2.24, 2.45) is 7.05 Å². The molecule has 0 amide bonds. The molecule has 1 aliphatic carbocycles. The zero-order valence-electron chi connectivity index (χ0n) is 12.4. The molecule has 2 heterocycles. The maximum absolute atomic E-state index is 12.9. The first-order chi connectivity index (χ1) is 10.6. The van der Waals surface area contributed by atoms with Crippen molar-refractivity contribution >= 4 is 28.4 Å². The minimum Gasteiger partial charge on any atom is -0.287 e. The molecule has 1 aromatic carbocycles. The number of ketones is 1. The average molecular weight is 312 g/mol. The lowest BCUT2D eigenvalue weighted by Crippen LogP contribution is -2.08. The number of aromatic nitrogens is 3. The molecule has 0 saturated carbocycles. The van der Waals surface area contributed by atoms with Gasteiger partial charge in [-0.15, -0.1) is 0 Å². The minimum atomic E-state index is -0.0502. The van der Waals surface area contributed by atoms with Crippen molar-refractivity contribution < 1.29 is 4.79 Å². The molecule has 0 atom stereocenters. The second kappa shape index (κ2) is 4.65. The van der Waals surface area contributed by atoms with E-state index in [1.54, 1.807) is 4.68 Å². The van der Waals surface area contributed by atoms with Gasteiger partial charge in [0.15, 0.2) is 5.65 Å². The zero-order valence-corrected chi connectivity index (χ0v) is 13.1. The Morgan fingerprint density at radius 2 is 2.00 bits per heavy atom. The molecule has 3 aromatic rings. The fourth-order valence-electron chi connectivity index (χ4n) is 3.22. The van der Waals surface area contributed by atoms with Gasteiger partial charge in [-0.2, -0.15) is 5.10 Å². The van der Waals surface area contributed by atoms with Crippen LogP contribution in [0.25, 0.3) is 11.0 Å². The van der Waals surface area contributed by atoms with Gasteiger partial charge in [0.05, 0.1) is 16.1 Å². The van der Waals surface area contributed by atoms with Crippen molar-refractivity contribution in [2.45, 2.75) is 19.8 Å². The second-order valence-electron chi connectivity index (χ2n) is 5.65. The van der Waals surface area contributed by atoms with Gasteiger partial charge in [-0.05, 0) is 25.3 Å². The molecule has 2 aromatic heterocycles. The lowest BCUT2D eigenvalue weighted by Gasteiger charge is -2.08. The summed E-state index contributed by atoms with van der Waals surface area (Å²) >= 11 is 6.61. The summed E-state index contributed by atoms with van der Waals surface area (Å²) in [6, 6.07) is 7.71. The van der Waals surface area contributed by atoms with Gasteiger partial charge in [0.1, 0.15) is 5.69 Å². The van der Waals surface area contributed by atoms with Gasteiger partial charge in [-0.1, -0.05) is 35.9 Å². The number of carbonyl (C=O) groups is 1. The molecule has 5 heteroatoms. The predicted molar refractivity (Wildman–Crippen MR) is 85.5 cm³/mol. The molecule has 110 valence electrons. The summed E-state index contributed by atoms with van der Waals surface area (Å²) in [5.41, 5.74) is 4.58. The molecule has 0 unspecified atom stereocenters. The molecule has 4 rings (SSSR count). The summed E-state index contributed by atoms with van der Waals surface area (Å²) in [5.74, 6) is -0.0502. The Morgan fingerprint density at radius 3 is 2.82 bits per heavy atom. The topological polar surface area (TPSA) is 47.8 Å². The second-order valence-corrected chi connectivity index (χ2v) is 6.02. The smallest absolute Gasteiger partial charge is 0.212 e. The molecule has 0 spiro atoms. The lowest BCUT2D eigenvalue weighted by atomic mass is 10.0. The third-order valence-electron chi connectivity index (χ3n) is 4.30. The Balaban J connectivity index is 2.06. The van der Waals surface area contributed by atoms with Crippen LogP contribution in [0.15, 0.2) is 24.3 Å². The molecule has 22 heavy (non-hydrogen) atoms. The van der Waals surface area contributed by atoms with Crippen LogP contribution in [0.3, 0.4) is 0 Å². The SMILES string of the molecule is Cc1nn(C)c2nc3c(c(Cl)c12)CCc1ccccc1C3=O. The highest BCUT2D eigenvalue weighted by Gasteiger charge is 2.27. The molecule has 0 N–H and O–H groups in total. The molecule has 0 radical (unpaired) electrons. The summed E-state index contributed by atoms with van der Waals surface area (Å²) in [4.78, 5) is 17.5. The van der Waals surface area contributed by atoms with Gasteiger partial charge >= 0.3 is 0 Å². The van der Waals surface area contributed by atoms with Crippen molar-refractivity contribution in [3.05, 3.63) is 57.4 Å². The number of pyridine rings is 1. The Hall–Kier alpha value is -2.20. The van der Waals surface area contributed by atoms with Gasteiger partial charge in [0.25, 0.3) is 0 Å². The molecule has 0 saturated heterocycles. The van der Waals surface area contributed by atoms with E-state index in [0.717, 1.165) is 34.2 Å². The predicted octanol–water partition coefficient (Wildman–Crippen LogP) is 3.26. The number of fused-ring (bicyclic) bond motifs is 3.